The second-order valence-electron chi connectivity index (χ2n) is 5.49. The quantitative estimate of drug-likeness (QED) is 0.670. The van der Waals surface area contributed by atoms with Crippen molar-refractivity contribution in [2.75, 3.05) is 31.1 Å². The Bertz CT molecular complexity index is 902. The summed E-state index contributed by atoms with van der Waals surface area (Å²) in [5.74, 6) is -0.222. The number of anilines is 1. The topological polar surface area (TPSA) is 36.4 Å². The number of carbonyl (C=O) groups excluding carboxylic acids is 1. The van der Waals surface area contributed by atoms with E-state index in [0.717, 1.165) is 15.3 Å². The molecule has 8 heteroatoms. The van der Waals surface area contributed by atoms with Gasteiger partial charge in [-0.15, -0.1) is 11.3 Å². The third-order valence-corrected chi connectivity index (χ3v) is 6.26. The summed E-state index contributed by atoms with van der Waals surface area (Å²) in [4.78, 5) is 21.7. The van der Waals surface area contributed by atoms with E-state index in [4.69, 9.17) is 11.6 Å². The first-order valence-corrected chi connectivity index (χ1v) is 9.47. The first-order valence-electron chi connectivity index (χ1n) is 7.46. The van der Waals surface area contributed by atoms with Crippen LogP contribution in [0.15, 0.2) is 30.3 Å². The lowest BCUT2D eigenvalue weighted by Gasteiger charge is -2.34. The van der Waals surface area contributed by atoms with Crippen molar-refractivity contribution in [1.29, 1.82) is 0 Å². The van der Waals surface area contributed by atoms with Crippen LogP contribution in [-0.2, 0) is 0 Å². The smallest absolute Gasteiger partial charge is 0.264 e. The Morgan fingerprint density at radius 1 is 1.12 bits per heavy atom. The number of amides is 1. The molecule has 0 saturated carbocycles. The second-order valence-corrected chi connectivity index (χ2v) is 8.22. The predicted octanol–water partition coefficient (Wildman–Crippen LogP) is 4.11. The van der Waals surface area contributed by atoms with E-state index in [-0.39, 0.29) is 11.7 Å². The highest BCUT2D eigenvalue weighted by Gasteiger charge is 2.24. The Morgan fingerprint density at radius 3 is 2.62 bits per heavy atom. The highest BCUT2D eigenvalue weighted by Crippen LogP contribution is 2.30. The van der Waals surface area contributed by atoms with Gasteiger partial charge in [0.2, 0.25) is 0 Å². The van der Waals surface area contributed by atoms with Crippen LogP contribution in [0.5, 0.6) is 0 Å². The summed E-state index contributed by atoms with van der Waals surface area (Å²) in [5.41, 5.74) is 0.808. The van der Waals surface area contributed by atoms with E-state index >= 15 is 0 Å². The molecule has 2 aromatic heterocycles. The number of halogens is 2. The molecule has 124 valence electrons. The number of aromatic nitrogens is 1. The van der Waals surface area contributed by atoms with Crippen LogP contribution < -0.4 is 4.90 Å². The minimum atomic E-state index is -0.247. The van der Waals surface area contributed by atoms with E-state index in [1.54, 1.807) is 18.2 Å². The molecule has 1 aliphatic rings. The largest absolute Gasteiger partial charge is 0.345 e. The van der Waals surface area contributed by atoms with Crippen molar-refractivity contribution in [1.82, 2.24) is 9.88 Å². The number of thiazole rings is 1. The monoisotopic (exact) mass is 381 g/mol. The van der Waals surface area contributed by atoms with Gasteiger partial charge in [0.1, 0.15) is 5.82 Å². The van der Waals surface area contributed by atoms with E-state index in [1.165, 1.54) is 34.8 Å². The van der Waals surface area contributed by atoms with E-state index in [9.17, 15) is 9.18 Å². The molecule has 0 atom stereocenters. The number of hydrogen-bond acceptors (Lipinski definition) is 5. The number of hydrogen-bond donors (Lipinski definition) is 0. The molecule has 4 nitrogen and oxygen atoms in total. The minimum absolute atomic E-state index is 0.0259. The zero-order valence-electron chi connectivity index (χ0n) is 12.5. The van der Waals surface area contributed by atoms with Crippen LogP contribution in [0.4, 0.5) is 9.52 Å². The van der Waals surface area contributed by atoms with Gasteiger partial charge in [-0.05, 0) is 30.3 Å². The number of carbonyl (C=O) groups is 1. The van der Waals surface area contributed by atoms with E-state index in [0.29, 0.717) is 35.4 Å². The van der Waals surface area contributed by atoms with Crippen LogP contribution in [0.25, 0.3) is 10.2 Å². The molecule has 4 rings (SSSR count). The van der Waals surface area contributed by atoms with Gasteiger partial charge >= 0.3 is 0 Å². The summed E-state index contributed by atoms with van der Waals surface area (Å²) in [7, 11) is 0. The van der Waals surface area contributed by atoms with Gasteiger partial charge in [0.15, 0.2) is 5.13 Å². The van der Waals surface area contributed by atoms with Crippen molar-refractivity contribution in [3.05, 3.63) is 45.4 Å². The van der Waals surface area contributed by atoms with Crippen molar-refractivity contribution >= 4 is 55.5 Å². The second kappa shape index (κ2) is 6.31. The zero-order valence-corrected chi connectivity index (χ0v) is 14.9. The standard InChI is InChI=1S/C16H13ClFN3OS2/c17-14-4-3-12(23-14)15(22)20-5-7-21(8-6-20)16-19-11-2-1-10(18)9-13(11)24-16/h1-4,9H,5-8H2. The molecular formula is C16H13ClFN3OS2. The Kier molecular flexibility index (Phi) is 4.15. The lowest BCUT2D eigenvalue weighted by Crippen LogP contribution is -2.48. The van der Waals surface area contributed by atoms with Crippen LogP contribution in [0.3, 0.4) is 0 Å². The molecule has 0 aliphatic carbocycles. The van der Waals surface area contributed by atoms with Crippen LogP contribution >= 0.6 is 34.3 Å². The molecule has 0 spiro atoms. The molecule has 0 N–H and O–H groups in total. The van der Waals surface area contributed by atoms with Crippen molar-refractivity contribution in [2.24, 2.45) is 0 Å². The summed E-state index contributed by atoms with van der Waals surface area (Å²) in [6.07, 6.45) is 0. The molecule has 24 heavy (non-hydrogen) atoms. The van der Waals surface area contributed by atoms with Crippen LogP contribution in [-0.4, -0.2) is 42.0 Å². The SMILES string of the molecule is O=C(c1ccc(Cl)s1)N1CCN(c2nc3ccc(F)cc3s2)CC1. The Morgan fingerprint density at radius 2 is 1.92 bits per heavy atom. The number of rotatable bonds is 2. The minimum Gasteiger partial charge on any atom is -0.345 e. The molecule has 1 aromatic carbocycles. The van der Waals surface area contributed by atoms with Gasteiger partial charge < -0.3 is 9.80 Å². The number of piperazine rings is 1. The summed E-state index contributed by atoms with van der Waals surface area (Å²) in [6, 6.07) is 8.15. The third kappa shape index (κ3) is 2.99. The number of nitrogens with zero attached hydrogens (tertiary/aromatic N) is 3. The molecule has 1 amide bonds. The first-order chi connectivity index (χ1) is 11.6. The highest BCUT2D eigenvalue weighted by molar-refractivity contribution is 7.22. The summed E-state index contributed by atoms with van der Waals surface area (Å²) in [5, 5.41) is 0.877. The first kappa shape index (κ1) is 15.8. The Balaban J connectivity index is 1.46. The molecule has 0 radical (unpaired) electrons. The predicted molar refractivity (Wildman–Crippen MR) is 97.0 cm³/mol. The number of thiophene rings is 1. The number of fused-ring (bicyclic) bond motifs is 1. The Labute approximate surface area is 151 Å². The van der Waals surface area contributed by atoms with Crippen molar-refractivity contribution in [2.45, 2.75) is 0 Å². The number of benzene rings is 1. The van der Waals surface area contributed by atoms with Gasteiger partial charge in [-0.1, -0.05) is 22.9 Å². The molecule has 0 bridgehead atoms. The fourth-order valence-corrected chi connectivity index (χ4v) is 4.76. The van der Waals surface area contributed by atoms with Crippen LogP contribution in [0.1, 0.15) is 9.67 Å². The Hall–Kier alpha value is -1.70. The summed E-state index contributed by atoms with van der Waals surface area (Å²) in [6.45, 7) is 2.71. The zero-order chi connectivity index (χ0) is 16.7. The summed E-state index contributed by atoms with van der Waals surface area (Å²) < 4.78 is 14.8. The maximum absolute atomic E-state index is 13.3. The molecule has 1 aliphatic heterocycles. The van der Waals surface area contributed by atoms with E-state index in [1.807, 2.05) is 4.90 Å². The average molecular weight is 382 g/mol. The van der Waals surface area contributed by atoms with Gasteiger partial charge in [0.05, 0.1) is 19.4 Å². The molecule has 3 heterocycles. The fourth-order valence-electron chi connectivity index (χ4n) is 2.71. The lowest BCUT2D eigenvalue weighted by atomic mass is 10.3. The molecular weight excluding hydrogens is 369 g/mol. The third-order valence-electron chi connectivity index (χ3n) is 3.96. The molecule has 1 fully saturated rings. The summed E-state index contributed by atoms with van der Waals surface area (Å²) >= 11 is 8.69. The lowest BCUT2D eigenvalue weighted by molar-refractivity contribution is 0.0751. The van der Waals surface area contributed by atoms with Crippen molar-refractivity contribution in [3.63, 3.8) is 0 Å². The van der Waals surface area contributed by atoms with Gasteiger partial charge in [-0.25, -0.2) is 9.37 Å². The maximum Gasteiger partial charge on any atom is 0.264 e. The molecule has 0 unspecified atom stereocenters. The molecule has 1 saturated heterocycles. The van der Waals surface area contributed by atoms with E-state index in [2.05, 4.69) is 9.88 Å². The van der Waals surface area contributed by atoms with Crippen molar-refractivity contribution < 1.29 is 9.18 Å². The van der Waals surface area contributed by atoms with Gasteiger partial charge in [-0.3, -0.25) is 4.79 Å². The maximum atomic E-state index is 13.3. The van der Waals surface area contributed by atoms with Gasteiger partial charge in [0, 0.05) is 26.2 Å². The van der Waals surface area contributed by atoms with E-state index < -0.39 is 0 Å². The van der Waals surface area contributed by atoms with Gasteiger partial charge in [-0.2, -0.15) is 0 Å². The average Bonchev–Trinajstić information content (AvgIpc) is 3.20. The van der Waals surface area contributed by atoms with Crippen LogP contribution in [0.2, 0.25) is 4.34 Å². The van der Waals surface area contributed by atoms with Crippen LogP contribution in [0, 0.1) is 5.82 Å². The fraction of sp³-hybridized carbons (Fsp3) is 0.250. The van der Waals surface area contributed by atoms with Crippen molar-refractivity contribution in [3.8, 4) is 0 Å². The van der Waals surface area contributed by atoms with Gasteiger partial charge in [0.25, 0.3) is 5.91 Å². The normalized spacial score (nSPS) is 15.2. The highest BCUT2D eigenvalue weighted by atomic mass is 35.5. The molecule has 3 aromatic rings.